The minimum Gasteiger partial charge on any atom is -0.490 e. The van der Waals surface area contributed by atoms with Crippen LogP contribution in [0.4, 0.5) is 4.79 Å². The van der Waals surface area contributed by atoms with E-state index in [1.807, 2.05) is 58.9 Å². The molecular weight excluding hydrogens is 428 g/mol. The van der Waals surface area contributed by atoms with Crippen LogP contribution in [0.2, 0.25) is 0 Å². The van der Waals surface area contributed by atoms with E-state index in [0.717, 1.165) is 0 Å². The summed E-state index contributed by atoms with van der Waals surface area (Å²) in [4.78, 5) is 26.9. The molecule has 0 aliphatic carbocycles. The monoisotopic (exact) mass is 466 g/mol. The quantitative estimate of drug-likeness (QED) is 0.393. The average Bonchev–Trinajstić information content (AvgIpc) is 2.78. The zero-order valence-electron chi connectivity index (χ0n) is 20.5. The second kappa shape index (κ2) is 13.3. The summed E-state index contributed by atoms with van der Waals surface area (Å²) in [6.07, 6.45) is -1.85. The fraction of sp³-hybridized carbons (Fsp3) is 0.667. The molecule has 1 fully saturated rings. The molecule has 1 aromatic carbocycles. The summed E-state index contributed by atoms with van der Waals surface area (Å²) in [6, 6.07) is 6.94. The molecule has 9 heteroatoms. The molecule has 1 heterocycles. The van der Waals surface area contributed by atoms with Gasteiger partial charge in [-0.15, -0.1) is 0 Å². The first-order chi connectivity index (χ1) is 15.8. The number of nitrogens with one attached hydrogen (secondary N) is 1. The number of rotatable bonds is 11. The molecule has 186 valence electrons. The molecule has 1 N–H and O–H groups in total. The van der Waals surface area contributed by atoms with E-state index in [9.17, 15) is 9.59 Å². The van der Waals surface area contributed by atoms with Gasteiger partial charge in [-0.1, -0.05) is 39.8 Å². The third-order valence-electron chi connectivity index (χ3n) is 5.20. The highest BCUT2D eigenvalue weighted by molar-refractivity contribution is 5.76. The lowest BCUT2D eigenvalue weighted by atomic mass is 10.1. The van der Waals surface area contributed by atoms with Crippen molar-refractivity contribution in [3.8, 4) is 11.5 Å². The van der Waals surface area contributed by atoms with Crippen LogP contribution >= 0.6 is 0 Å². The molecule has 1 aromatic rings. The van der Waals surface area contributed by atoms with E-state index in [-0.39, 0.29) is 24.5 Å². The van der Waals surface area contributed by atoms with Gasteiger partial charge in [0.15, 0.2) is 11.5 Å². The van der Waals surface area contributed by atoms with E-state index in [2.05, 4.69) is 5.32 Å². The predicted molar refractivity (Wildman–Crippen MR) is 123 cm³/mol. The van der Waals surface area contributed by atoms with Gasteiger partial charge >= 0.3 is 12.1 Å². The van der Waals surface area contributed by atoms with Crippen molar-refractivity contribution in [1.29, 1.82) is 0 Å². The molecule has 1 aliphatic rings. The summed E-state index contributed by atoms with van der Waals surface area (Å²) >= 11 is 0. The number of benzene rings is 1. The molecule has 33 heavy (non-hydrogen) atoms. The van der Waals surface area contributed by atoms with Gasteiger partial charge in [-0.25, -0.2) is 4.79 Å². The largest absolute Gasteiger partial charge is 0.490 e. The Morgan fingerprint density at radius 3 is 2.33 bits per heavy atom. The standard InChI is InChI=1S/C24H38N2O7/c1-7-29-19-10-8-9-11-20(19)31-15-18-14-26(12-13-30-18)24(28)33-23(17(4)5)32-22(27)21(25-6)16(2)3/h8-11,16-18,21,23,25H,7,12-15H2,1-6H3/t18-,21-,23?/m0/s1. The first-order valence-electron chi connectivity index (χ1n) is 11.6. The molecule has 1 saturated heterocycles. The lowest BCUT2D eigenvalue weighted by Gasteiger charge is -2.34. The molecule has 3 atom stereocenters. The number of hydrogen-bond acceptors (Lipinski definition) is 8. The molecule has 0 bridgehead atoms. The van der Waals surface area contributed by atoms with Gasteiger partial charge in [0.25, 0.3) is 6.29 Å². The van der Waals surface area contributed by atoms with Crippen LogP contribution in [0.3, 0.4) is 0 Å². The molecule has 1 amide bonds. The number of hydrogen-bond donors (Lipinski definition) is 1. The smallest absolute Gasteiger partial charge is 0.413 e. The summed E-state index contributed by atoms with van der Waals surface area (Å²) in [5, 5.41) is 2.94. The van der Waals surface area contributed by atoms with Crippen LogP contribution in [0.1, 0.15) is 34.6 Å². The highest BCUT2D eigenvalue weighted by Gasteiger charge is 2.32. The number of carbonyl (C=O) groups excluding carboxylic acids is 2. The predicted octanol–water partition coefficient (Wildman–Crippen LogP) is 3.07. The molecule has 1 aliphatic heterocycles. The number of morpholine rings is 1. The van der Waals surface area contributed by atoms with Gasteiger partial charge in [0.2, 0.25) is 0 Å². The maximum atomic E-state index is 12.8. The summed E-state index contributed by atoms with van der Waals surface area (Å²) in [7, 11) is 1.70. The molecule has 0 saturated carbocycles. The molecule has 0 spiro atoms. The molecule has 0 aromatic heterocycles. The van der Waals surface area contributed by atoms with Crippen molar-refractivity contribution in [3.63, 3.8) is 0 Å². The Hall–Kier alpha value is -2.52. The third-order valence-corrected chi connectivity index (χ3v) is 5.20. The molecule has 1 unspecified atom stereocenters. The van der Waals surface area contributed by atoms with Crippen molar-refractivity contribution >= 4 is 12.1 Å². The van der Waals surface area contributed by atoms with Crippen LogP contribution in [0.5, 0.6) is 11.5 Å². The molecule has 0 radical (unpaired) electrons. The van der Waals surface area contributed by atoms with Crippen molar-refractivity contribution in [3.05, 3.63) is 24.3 Å². The number of ether oxygens (including phenoxy) is 5. The average molecular weight is 467 g/mol. The van der Waals surface area contributed by atoms with E-state index in [1.54, 1.807) is 11.9 Å². The normalized spacial score (nSPS) is 18.1. The van der Waals surface area contributed by atoms with Crippen LogP contribution in [0.15, 0.2) is 24.3 Å². The number of nitrogens with zero attached hydrogens (tertiary/aromatic N) is 1. The third kappa shape index (κ3) is 8.08. The summed E-state index contributed by atoms with van der Waals surface area (Å²) in [5.41, 5.74) is 0. The van der Waals surface area contributed by atoms with Crippen LogP contribution in [0.25, 0.3) is 0 Å². The lowest BCUT2D eigenvalue weighted by molar-refractivity contribution is -0.181. The topological polar surface area (TPSA) is 95.6 Å². The zero-order valence-corrected chi connectivity index (χ0v) is 20.5. The summed E-state index contributed by atoms with van der Waals surface area (Å²) < 4.78 is 28.3. The highest BCUT2D eigenvalue weighted by Crippen LogP contribution is 2.27. The number of esters is 1. The molecule has 2 rings (SSSR count). The van der Waals surface area contributed by atoms with Crippen LogP contribution in [-0.2, 0) is 19.0 Å². The van der Waals surface area contributed by atoms with E-state index in [0.29, 0.717) is 37.8 Å². The van der Waals surface area contributed by atoms with Gasteiger partial charge < -0.3 is 33.9 Å². The Labute approximate surface area is 196 Å². The number of amides is 1. The second-order valence-electron chi connectivity index (χ2n) is 8.57. The summed E-state index contributed by atoms with van der Waals surface area (Å²) in [5.74, 6) is 0.686. The van der Waals surface area contributed by atoms with Crippen molar-refractivity contribution in [2.45, 2.75) is 53.1 Å². The van der Waals surface area contributed by atoms with Gasteiger partial charge in [-0.2, -0.15) is 0 Å². The van der Waals surface area contributed by atoms with Gasteiger partial charge in [0, 0.05) is 12.5 Å². The minimum absolute atomic E-state index is 0.0406. The number of carbonyl (C=O) groups is 2. The Morgan fingerprint density at radius 1 is 1.09 bits per heavy atom. The van der Waals surface area contributed by atoms with Gasteiger partial charge in [-0.3, -0.25) is 4.79 Å². The zero-order chi connectivity index (χ0) is 24.4. The Kier molecular flexibility index (Phi) is 10.7. The fourth-order valence-electron chi connectivity index (χ4n) is 3.39. The van der Waals surface area contributed by atoms with Crippen LogP contribution in [0, 0.1) is 11.8 Å². The first-order valence-corrected chi connectivity index (χ1v) is 11.6. The van der Waals surface area contributed by atoms with Crippen molar-refractivity contribution < 1.29 is 33.3 Å². The van der Waals surface area contributed by atoms with Crippen molar-refractivity contribution in [2.75, 3.05) is 40.0 Å². The van der Waals surface area contributed by atoms with E-state index < -0.39 is 24.4 Å². The lowest BCUT2D eigenvalue weighted by Crippen LogP contribution is -2.49. The number of para-hydroxylation sites is 2. The fourth-order valence-corrected chi connectivity index (χ4v) is 3.39. The van der Waals surface area contributed by atoms with Crippen LogP contribution < -0.4 is 14.8 Å². The maximum absolute atomic E-state index is 12.8. The van der Waals surface area contributed by atoms with E-state index in [4.69, 9.17) is 23.7 Å². The molecular formula is C24H38N2O7. The second-order valence-corrected chi connectivity index (χ2v) is 8.57. The van der Waals surface area contributed by atoms with Gasteiger partial charge in [0.05, 0.1) is 19.8 Å². The van der Waals surface area contributed by atoms with E-state index >= 15 is 0 Å². The first kappa shape index (κ1) is 26.7. The molecule has 9 nitrogen and oxygen atoms in total. The van der Waals surface area contributed by atoms with Crippen molar-refractivity contribution in [2.24, 2.45) is 11.8 Å². The SMILES string of the molecule is CCOc1ccccc1OC[C@@H]1CN(C(=O)OC(OC(=O)[C@@H](NC)C(C)C)C(C)C)CCO1. The van der Waals surface area contributed by atoms with E-state index in [1.165, 1.54) is 0 Å². The minimum atomic E-state index is -0.977. The summed E-state index contributed by atoms with van der Waals surface area (Å²) in [6.45, 7) is 11.3. The Bertz CT molecular complexity index is 756. The maximum Gasteiger partial charge on any atom is 0.413 e. The van der Waals surface area contributed by atoms with Gasteiger partial charge in [0.1, 0.15) is 18.8 Å². The van der Waals surface area contributed by atoms with Gasteiger partial charge in [-0.05, 0) is 32.0 Å². The van der Waals surface area contributed by atoms with Crippen molar-refractivity contribution in [1.82, 2.24) is 10.2 Å². The van der Waals surface area contributed by atoms with Crippen LogP contribution in [-0.4, -0.2) is 75.4 Å². The Morgan fingerprint density at radius 2 is 1.76 bits per heavy atom. The number of likely N-dealkylation sites (N-methyl/N-ethyl adjacent to an activating group) is 1. The highest BCUT2D eigenvalue weighted by atomic mass is 16.7. The Balaban J connectivity index is 1.92.